The highest BCUT2D eigenvalue weighted by Crippen LogP contribution is 2.46. The van der Waals surface area contributed by atoms with Crippen LogP contribution in [-0.4, -0.2) is 58.2 Å². The molecule has 0 radical (unpaired) electrons. The molecular formula is C30H39FN4O5. The van der Waals surface area contributed by atoms with Gasteiger partial charge in [0.05, 0.1) is 24.0 Å². The summed E-state index contributed by atoms with van der Waals surface area (Å²) in [4.78, 5) is 33.0. The van der Waals surface area contributed by atoms with E-state index in [1.807, 2.05) is 19.9 Å². The lowest BCUT2D eigenvalue weighted by atomic mass is 9.75. The number of amides is 2. The third-order valence-corrected chi connectivity index (χ3v) is 8.34. The summed E-state index contributed by atoms with van der Waals surface area (Å²) < 4.78 is 25.5. The molecule has 0 aromatic heterocycles. The molecule has 10 heteroatoms. The molecule has 4 atom stereocenters. The Kier molecular flexibility index (Phi) is 7.97. The Morgan fingerprint density at radius 2 is 2.00 bits per heavy atom. The number of hydrogen-bond donors (Lipinski definition) is 3. The molecule has 2 aliphatic heterocycles. The van der Waals surface area contributed by atoms with Crippen molar-refractivity contribution in [1.29, 1.82) is 0 Å². The number of methoxy groups -OCH3 is 1. The normalized spacial score (nSPS) is 26.4. The van der Waals surface area contributed by atoms with E-state index in [4.69, 9.17) is 15.2 Å². The van der Waals surface area contributed by atoms with Crippen LogP contribution in [0.1, 0.15) is 87.4 Å². The molecule has 0 aliphatic carbocycles. The van der Waals surface area contributed by atoms with Crippen LogP contribution in [0.5, 0.6) is 5.75 Å². The summed E-state index contributed by atoms with van der Waals surface area (Å²) in [5, 5.41) is 14.4. The van der Waals surface area contributed by atoms with Crippen LogP contribution in [0.4, 0.5) is 4.39 Å². The zero-order chi connectivity index (χ0) is 29.5. The summed E-state index contributed by atoms with van der Waals surface area (Å²) in [7, 11) is 1.58. The van der Waals surface area contributed by atoms with E-state index in [-0.39, 0.29) is 18.3 Å². The van der Waals surface area contributed by atoms with E-state index in [0.29, 0.717) is 41.9 Å². The molecule has 4 N–H and O–H groups in total. The first-order valence-electron chi connectivity index (χ1n) is 13.5. The zero-order valence-electron chi connectivity index (χ0n) is 24.0. The molecule has 0 fully saturated rings. The number of halogens is 1. The molecule has 2 amide bonds. The standard InChI is InChI=1S/C30H39FN4O5/c1-7-29(4)17-24(36)35(27(32)34-29)22(13-14-39-6)18-9-8-10-19(15-18)26(37)33-25-21-16-20(31)11-12-23(21)40-28(2,3)30(25,5)38/h8-12,15-16,22,25,38H,7,13-14,17H2,1-6H3,(H2,32,34)(H,33,37)/t22-,25?,29-,30?/m1/s1. The molecule has 216 valence electrons. The van der Waals surface area contributed by atoms with Gasteiger partial charge in [-0.1, -0.05) is 19.1 Å². The van der Waals surface area contributed by atoms with E-state index in [1.54, 1.807) is 46.1 Å². The molecule has 0 bridgehead atoms. The molecule has 9 nitrogen and oxygen atoms in total. The van der Waals surface area contributed by atoms with Crippen LogP contribution < -0.4 is 15.8 Å². The fourth-order valence-corrected chi connectivity index (χ4v) is 5.31. The number of nitrogens with one attached hydrogen (secondary N) is 1. The number of aliphatic imine (C=N–C) groups is 1. The summed E-state index contributed by atoms with van der Waals surface area (Å²) in [5.74, 6) is -0.614. The van der Waals surface area contributed by atoms with Crippen molar-refractivity contribution in [2.45, 2.75) is 82.7 Å². The number of guanidine groups is 1. The van der Waals surface area contributed by atoms with Gasteiger partial charge >= 0.3 is 0 Å². The Morgan fingerprint density at radius 3 is 2.65 bits per heavy atom. The number of fused-ring (bicyclic) bond motifs is 1. The van der Waals surface area contributed by atoms with Crippen molar-refractivity contribution in [2.75, 3.05) is 13.7 Å². The molecule has 40 heavy (non-hydrogen) atoms. The van der Waals surface area contributed by atoms with E-state index >= 15 is 0 Å². The summed E-state index contributed by atoms with van der Waals surface area (Å²) in [6.07, 6.45) is 1.33. The molecule has 0 spiro atoms. The van der Waals surface area contributed by atoms with Gasteiger partial charge in [-0.3, -0.25) is 14.5 Å². The van der Waals surface area contributed by atoms with E-state index in [9.17, 15) is 19.1 Å². The van der Waals surface area contributed by atoms with Crippen LogP contribution in [0.25, 0.3) is 0 Å². The molecule has 2 aromatic rings. The van der Waals surface area contributed by atoms with Gasteiger partial charge in [0, 0.05) is 24.8 Å². The number of benzene rings is 2. The van der Waals surface area contributed by atoms with Gasteiger partial charge in [-0.05, 0) is 76.4 Å². The van der Waals surface area contributed by atoms with Crippen molar-refractivity contribution < 1.29 is 28.6 Å². The van der Waals surface area contributed by atoms with Crippen molar-refractivity contribution in [3.8, 4) is 5.75 Å². The first kappa shape index (κ1) is 29.5. The van der Waals surface area contributed by atoms with Crippen LogP contribution in [0.2, 0.25) is 0 Å². The smallest absolute Gasteiger partial charge is 0.251 e. The lowest BCUT2D eigenvalue weighted by molar-refractivity contribution is -0.137. The third-order valence-electron chi connectivity index (χ3n) is 8.34. The lowest BCUT2D eigenvalue weighted by Gasteiger charge is -2.49. The first-order chi connectivity index (χ1) is 18.7. The highest BCUT2D eigenvalue weighted by molar-refractivity contribution is 5.99. The predicted octanol–water partition coefficient (Wildman–Crippen LogP) is 4.01. The van der Waals surface area contributed by atoms with Gasteiger partial charge in [0.2, 0.25) is 5.91 Å². The summed E-state index contributed by atoms with van der Waals surface area (Å²) in [6, 6.07) is 9.44. The highest BCUT2D eigenvalue weighted by atomic mass is 19.1. The quantitative estimate of drug-likeness (QED) is 0.453. The van der Waals surface area contributed by atoms with Crippen LogP contribution in [0.3, 0.4) is 0 Å². The molecule has 2 unspecified atom stereocenters. The number of ether oxygens (including phenoxy) is 2. The van der Waals surface area contributed by atoms with Crippen molar-refractivity contribution in [3.63, 3.8) is 0 Å². The Bertz CT molecular complexity index is 1330. The largest absolute Gasteiger partial charge is 0.484 e. The fourth-order valence-electron chi connectivity index (χ4n) is 5.31. The maximum Gasteiger partial charge on any atom is 0.251 e. The Morgan fingerprint density at radius 1 is 1.27 bits per heavy atom. The lowest BCUT2D eigenvalue weighted by Crippen LogP contribution is -2.62. The minimum Gasteiger partial charge on any atom is -0.484 e. The van der Waals surface area contributed by atoms with Gasteiger partial charge in [-0.15, -0.1) is 0 Å². The number of nitrogens with two attached hydrogens (primary N) is 1. The van der Waals surface area contributed by atoms with E-state index in [1.165, 1.54) is 23.1 Å². The van der Waals surface area contributed by atoms with Gasteiger partial charge in [0.1, 0.15) is 22.8 Å². The highest BCUT2D eigenvalue weighted by Gasteiger charge is 2.53. The van der Waals surface area contributed by atoms with Gasteiger partial charge in [-0.2, -0.15) is 0 Å². The van der Waals surface area contributed by atoms with Crippen molar-refractivity contribution >= 4 is 17.8 Å². The van der Waals surface area contributed by atoms with Crippen molar-refractivity contribution in [2.24, 2.45) is 10.7 Å². The maximum absolute atomic E-state index is 14.2. The number of carbonyl (C=O) groups excluding carboxylic acids is 2. The average Bonchev–Trinajstić information content (AvgIpc) is 2.88. The average molecular weight is 555 g/mol. The SMILES string of the molecule is CC[C@]1(C)CC(=O)N([C@H](CCOC)c2cccc(C(=O)NC3c4cc(F)ccc4OC(C)(C)C3(C)O)c2)C(N)=N1. The second-order valence-corrected chi connectivity index (χ2v) is 11.5. The van der Waals surface area contributed by atoms with Crippen molar-refractivity contribution in [3.05, 3.63) is 65.0 Å². The zero-order valence-corrected chi connectivity index (χ0v) is 24.0. The van der Waals surface area contributed by atoms with E-state index < -0.39 is 40.5 Å². The van der Waals surface area contributed by atoms with Crippen molar-refractivity contribution in [1.82, 2.24) is 10.2 Å². The van der Waals surface area contributed by atoms with Gasteiger partial charge < -0.3 is 25.6 Å². The molecule has 2 aliphatic rings. The summed E-state index contributed by atoms with van der Waals surface area (Å²) >= 11 is 0. The van der Waals surface area contributed by atoms with Gasteiger partial charge in [0.25, 0.3) is 5.91 Å². The minimum atomic E-state index is -1.57. The molecule has 4 rings (SSSR count). The van der Waals surface area contributed by atoms with Gasteiger partial charge in [-0.25, -0.2) is 9.38 Å². The van der Waals surface area contributed by atoms with Crippen LogP contribution in [0.15, 0.2) is 47.5 Å². The number of carbonyl (C=O) groups is 2. The predicted molar refractivity (Wildman–Crippen MR) is 149 cm³/mol. The number of rotatable bonds is 8. The molecule has 0 saturated heterocycles. The second-order valence-electron chi connectivity index (χ2n) is 11.5. The molecule has 2 aromatic carbocycles. The Balaban J connectivity index is 1.68. The Labute approximate surface area is 234 Å². The Hall–Kier alpha value is -3.50. The monoisotopic (exact) mass is 554 g/mol. The molecule has 2 heterocycles. The number of hydrogen-bond acceptors (Lipinski definition) is 7. The van der Waals surface area contributed by atoms with Crippen LogP contribution in [-0.2, 0) is 9.53 Å². The minimum absolute atomic E-state index is 0.135. The molecule has 0 saturated carbocycles. The topological polar surface area (TPSA) is 126 Å². The first-order valence-corrected chi connectivity index (χ1v) is 13.5. The van der Waals surface area contributed by atoms with Gasteiger partial charge in [0.15, 0.2) is 5.96 Å². The molecular weight excluding hydrogens is 515 g/mol. The number of nitrogens with zero attached hydrogens (tertiary/aromatic N) is 2. The second kappa shape index (κ2) is 10.8. The summed E-state index contributed by atoms with van der Waals surface area (Å²) in [6.45, 7) is 9.20. The maximum atomic E-state index is 14.2. The summed E-state index contributed by atoms with van der Waals surface area (Å²) in [5.41, 5.74) is 4.44. The van der Waals surface area contributed by atoms with E-state index in [0.717, 1.165) is 0 Å². The fraction of sp³-hybridized carbons (Fsp3) is 0.500. The third kappa shape index (κ3) is 5.42. The van der Waals surface area contributed by atoms with Crippen LogP contribution in [0, 0.1) is 5.82 Å². The number of aliphatic hydroxyl groups is 1. The van der Waals surface area contributed by atoms with Crippen LogP contribution >= 0.6 is 0 Å². The van der Waals surface area contributed by atoms with E-state index in [2.05, 4.69) is 10.3 Å².